The predicted molar refractivity (Wildman–Crippen MR) is 99.8 cm³/mol. The average molecular weight is 360 g/mol. The van der Waals surface area contributed by atoms with Crippen LogP contribution in [0.3, 0.4) is 0 Å². The van der Waals surface area contributed by atoms with Gasteiger partial charge < -0.3 is 15.5 Å². The highest BCUT2D eigenvalue weighted by molar-refractivity contribution is 5.97. The predicted octanol–water partition coefficient (Wildman–Crippen LogP) is 2.01. The first kappa shape index (κ1) is 19.0. The molecule has 1 atom stereocenters. The molecule has 2 aromatic rings. The van der Waals surface area contributed by atoms with E-state index in [-0.39, 0.29) is 24.2 Å². The third-order valence-corrected chi connectivity index (χ3v) is 4.12. The number of hydrogen-bond donors (Lipinski definition) is 2. The number of carbonyl (C=O) groups excluding carboxylic acids is 2. The van der Waals surface area contributed by atoms with Gasteiger partial charge in [-0.3, -0.25) is 9.59 Å². The molecule has 0 aliphatic carbocycles. The van der Waals surface area contributed by atoms with Crippen molar-refractivity contribution in [2.75, 3.05) is 26.2 Å². The summed E-state index contributed by atoms with van der Waals surface area (Å²) in [6, 6.07) is 17.7. The van der Waals surface area contributed by atoms with Gasteiger partial charge in [-0.15, -0.1) is 12.4 Å². The molecule has 1 heterocycles. The van der Waals surface area contributed by atoms with Gasteiger partial charge in [0, 0.05) is 31.7 Å². The summed E-state index contributed by atoms with van der Waals surface area (Å²) in [5, 5.41) is 6.13. The van der Waals surface area contributed by atoms with Crippen molar-refractivity contribution in [2.24, 2.45) is 0 Å². The lowest BCUT2D eigenvalue weighted by Gasteiger charge is -2.31. The van der Waals surface area contributed by atoms with Crippen LogP contribution in [0.5, 0.6) is 0 Å². The third kappa shape index (κ3) is 4.81. The molecule has 5 nitrogen and oxygen atoms in total. The smallest absolute Gasteiger partial charge is 0.252 e. The Hall–Kier alpha value is -2.37. The molecule has 1 aliphatic heterocycles. The molecule has 1 unspecified atom stereocenters. The Morgan fingerprint density at radius 2 is 1.48 bits per heavy atom. The van der Waals surface area contributed by atoms with Gasteiger partial charge in [-0.2, -0.15) is 0 Å². The van der Waals surface area contributed by atoms with Crippen LogP contribution < -0.4 is 10.6 Å². The van der Waals surface area contributed by atoms with E-state index in [0.717, 1.165) is 18.7 Å². The minimum absolute atomic E-state index is 0. The normalized spacial score (nSPS) is 15.0. The molecule has 0 spiro atoms. The molecule has 132 valence electrons. The maximum atomic E-state index is 12.9. The fourth-order valence-electron chi connectivity index (χ4n) is 2.80. The van der Waals surface area contributed by atoms with E-state index in [0.29, 0.717) is 18.7 Å². The number of benzene rings is 2. The lowest BCUT2D eigenvalue weighted by atomic mass is 10.0. The summed E-state index contributed by atoms with van der Waals surface area (Å²) in [6.07, 6.45) is 0. The van der Waals surface area contributed by atoms with E-state index in [1.54, 1.807) is 17.0 Å². The van der Waals surface area contributed by atoms with Gasteiger partial charge in [-0.05, 0) is 17.7 Å². The summed E-state index contributed by atoms with van der Waals surface area (Å²) < 4.78 is 0. The number of hydrogen-bond acceptors (Lipinski definition) is 3. The number of nitrogens with zero attached hydrogens (tertiary/aromatic N) is 1. The molecule has 2 aromatic carbocycles. The molecule has 6 heteroatoms. The molecule has 0 aromatic heterocycles. The average Bonchev–Trinajstić information content (AvgIpc) is 2.67. The summed E-state index contributed by atoms with van der Waals surface area (Å²) in [6.45, 7) is 2.87. The molecule has 1 aliphatic rings. The van der Waals surface area contributed by atoms with Crippen LogP contribution in [-0.2, 0) is 4.79 Å². The van der Waals surface area contributed by atoms with Crippen LogP contribution in [0.2, 0.25) is 0 Å². The third-order valence-electron chi connectivity index (χ3n) is 4.12. The van der Waals surface area contributed by atoms with Crippen LogP contribution in [0.4, 0.5) is 0 Å². The van der Waals surface area contributed by atoms with Crippen molar-refractivity contribution >= 4 is 24.2 Å². The Bertz CT molecular complexity index is 688. The van der Waals surface area contributed by atoms with E-state index in [4.69, 9.17) is 0 Å². The van der Waals surface area contributed by atoms with Crippen molar-refractivity contribution in [3.8, 4) is 0 Å². The molecule has 2 amide bonds. The van der Waals surface area contributed by atoms with E-state index < -0.39 is 6.04 Å². The number of carbonyl (C=O) groups is 2. The van der Waals surface area contributed by atoms with Crippen molar-refractivity contribution in [2.45, 2.75) is 6.04 Å². The lowest BCUT2D eigenvalue weighted by molar-refractivity contribution is -0.134. The Morgan fingerprint density at radius 1 is 0.920 bits per heavy atom. The van der Waals surface area contributed by atoms with Gasteiger partial charge in [-0.1, -0.05) is 48.5 Å². The number of piperazine rings is 1. The maximum absolute atomic E-state index is 12.9. The molecule has 1 fully saturated rings. The van der Waals surface area contributed by atoms with Gasteiger partial charge in [0.25, 0.3) is 5.91 Å². The largest absolute Gasteiger partial charge is 0.338 e. The van der Waals surface area contributed by atoms with Gasteiger partial charge in [0.15, 0.2) is 0 Å². The summed E-state index contributed by atoms with van der Waals surface area (Å²) in [5.74, 6) is -0.306. The van der Waals surface area contributed by atoms with Crippen LogP contribution in [0.25, 0.3) is 0 Å². The standard InChI is InChI=1S/C19H21N3O2.ClH/c23-18(16-9-5-2-6-10-16)21-17(15-7-3-1-4-8-15)19(24)22-13-11-20-12-14-22;/h1-10,17,20H,11-14H2,(H,21,23);1H. The van der Waals surface area contributed by atoms with Crippen molar-refractivity contribution in [1.82, 2.24) is 15.5 Å². The number of rotatable bonds is 4. The Kier molecular flexibility index (Phi) is 6.98. The Labute approximate surface area is 153 Å². The zero-order valence-electron chi connectivity index (χ0n) is 13.9. The highest BCUT2D eigenvalue weighted by atomic mass is 35.5. The second kappa shape index (κ2) is 9.20. The number of amides is 2. The van der Waals surface area contributed by atoms with Crippen molar-refractivity contribution in [3.63, 3.8) is 0 Å². The van der Waals surface area contributed by atoms with Crippen LogP contribution in [0, 0.1) is 0 Å². The van der Waals surface area contributed by atoms with Crippen LogP contribution in [0.1, 0.15) is 22.0 Å². The van der Waals surface area contributed by atoms with Gasteiger partial charge in [0.05, 0.1) is 0 Å². The fourth-order valence-corrected chi connectivity index (χ4v) is 2.80. The second-order valence-corrected chi connectivity index (χ2v) is 5.76. The summed E-state index contributed by atoms with van der Waals surface area (Å²) >= 11 is 0. The minimum Gasteiger partial charge on any atom is -0.338 e. The highest BCUT2D eigenvalue weighted by Gasteiger charge is 2.28. The molecular weight excluding hydrogens is 338 g/mol. The zero-order chi connectivity index (χ0) is 16.8. The monoisotopic (exact) mass is 359 g/mol. The molecule has 2 N–H and O–H groups in total. The van der Waals surface area contributed by atoms with Gasteiger partial charge in [0.1, 0.15) is 6.04 Å². The first-order valence-corrected chi connectivity index (χ1v) is 8.16. The van der Waals surface area contributed by atoms with E-state index in [1.807, 2.05) is 48.5 Å². The quantitative estimate of drug-likeness (QED) is 0.877. The Morgan fingerprint density at radius 3 is 2.08 bits per heavy atom. The first-order chi connectivity index (χ1) is 11.8. The molecular formula is C19H22ClN3O2. The molecule has 0 bridgehead atoms. The van der Waals surface area contributed by atoms with E-state index in [2.05, 4.69) is 10.6 Å². The SMILES string of the molecule is Cl.O=C(NC(C(=O)N1CCNCC1)c1ccccc1)c1ccccc1. The molecule has 1 saturated heterocycles. The second-order valence-electron chi connectivity index (χ2n) is 5.76. The molecule has 3 rings (SSSR count). The summed E-state index contributed by atoms with van der Waals surface area (Å²) in [7, 11) is 0. The molecule has 0 radical (unpaired) electrons. The number of halogens is 1. The zero-order valence-corrected chi connectivity index (χ0v) is 14.7. The summed E-state index contributed by atoms with van der Waals surface area (Å²) in [4.78, 5) is 27.3. The highest BCUT2D eigenvalue weighted by Crippen LogP contribution is 2.17. The van der Waals surface area contributed by atoms with Gasteiger partial charge in [0.2, 0.25) is 5.91 Å². The summed E-state index contributed by atoms with van der Waals surface area (Å²) in [5.41, 5.74) is 1.34. The number of nitrogens with one attached hydrogen (secondary N) is 2. The van der Waals surface area contributed by atoms with Gasteiger partial charge in [-0.25, -0.2) is 0 Å². The van der Waals surface area contributed by atoms with Crippen LogP contribution in [-0.4, -0.2) is 42.9 Å². The Balaban J connectivity index is 0.00000225. The lowest BCUT2D eigenvalue weighted by Crippen LogP contribution is -2.50. The topological polar surface area (TPSA) is 61.4 Å². The van der Waals surface area contributed by atoms with E-state index >= 15 is 0 Å². The van der Waals surface area contributed by atoms with Crippen molar-refractivity contribution < 1.29 is 9.59 Å². The minimum atomic E-state index is -0.669. The molecule has 0 saturated carbocycles. The van der Waals surface area contributed by atoms with Gasteiger partial charge >= 0.3 is 0 Å². The van der Waals surface area contributed by atoms with Crippen LogP contribution >= 0.6 is 12.4 Å². The fraction of sp³-hybridized carbons (Fsp3) is 0.263. The first-order valence-electron chi connectivity index (χ1n) is 8.16. The maximum Gasteiger partial charge on any atom is 0.252 e. The van der Waals surface area contributed by atoms with Crippen molar-refractivity contribution in [1.29, 1.82) is 0 Å². The van der Waals surface area contributed by atoms with E-state index in [9.17, 15) is 9.59 Å². The van der Waals surface area contributed by atoms with Crippen molar-refractivity contribution in [3.05, 3.63) is 71.8 Å². The van der Waals surface area contributed by atoms with E-state index in [1.165, 1.54) is 0 Å². The molecule has 25 heavy (non-hydrogen) atoms. The van der Waals surface area contributed by atoms with Crippen LogP contribution in [0.15, 0.2) is 60.7 Å².